The Kier molecular flexibility index (Phi) is 11.2. The summed E-state index contributed by atoms with van der Waals surface area (Å²) in [7, 11) is 1.29. The predicted molar refractivity (Wildman–Crippen MR) is 167 cm³/mol. The van der Waals surface area contributed by atoms with Gasteiger partial charge in [-0.15, -0.1) is 0 Å². The molecule has 1 heterocycles. The highest BCUT2D eigenvalue weighted by molar-refractivity contribution is 6.32. The van der Waals surface area contributed by atoms with Crippen molar-refractivity contribution in [2.24, 2.45) is 0 Å². The number of aromatic nitrogens is 2. The molecule has 0 unspecified atom stereocenters. The number of nitrogens with zero attached hydrogens (tertiary/aromatic N) is 1. The van der Waals surface area contributed by atoms with E-state index in [1.807, 2.05) is 36.4 Å². The van der Waals surface area contributed by atoms with Gasteiger partial charge in [-0.25, -0.2) is 9.78 Å². The van der Waals surface area contributed by atoms with Crippen molar-refractivity contribution in [3.8, 4) is 11.3 Å². The maximum Gasteiger partial charge on any atom is 0.411 e. The maximum atomic E-state index is 13.3. The largest absolute Gasteiger partial charge is 0.453 e. The number of carbonyl (C=O) groups excluding carboxylic acids is 3. The molecule has 43 heavy (non-hydrogen) atoms. The topological polar surface area (TPSA) is 125 Å². The molecule has 0 aliphatic heterocycles. The second kappa shape index (κ2) is 15.2. The third kappa shape index (κ3) is 9.07. The number of rotatable bonds is 12. The minimum absolute atomic E-state index is 0.107. The number of anilines is 1. The van der Waals surface area contributed by atoms with Gasteiger partial charge in [-0.3, -0.25) is 14.9 Å². The summed E-state index contributed by atoms with van der Waals surface area (Å²) in [5.41, 5.74) is 4.51. The number of aryl methyl sites for hydroxylation is 1. The molecule has 3 aromatic carbocycles. The van der Waals surface area contributed by atoms with Crippen LogP contribution in [-0.2, 0) is 33.7 Å². The number of carbonyl (C=O) groups is 3. The fraction of sp³-hybridized carbons (Fsp3) is 0.219. The van der Waals surface area contributed by atoms with Gasteiger partial charge in [0, 0.05) is 35.7 Å². The van der Waals surface area contributed by atoms with Crippen LogP contribution in [0.25, 0.3) is 11.3 Å². The van der Waals surface area contributed by atoms with Crippen molar-refractivity contribution in [2.75, 3.05) is 12.4 Å². The summed E-state index contributed by atoms with van der Waals surface area (Å²) in [6.07, 6.45) is 0.390. The highest BCUT2D eigenvalue weighted by atomic mass is 35.5. The second-order valence-electron chi connectivity index (χ2n) is 9.68. The van der Waals surface area contributed by atoms with Crippen LogP contribution in [0.1, 0.15) is 41.4 Å². The number of H-pyrrole nitrogens is 1. The molecule has 4 aromatic rings. The highest BCUT2D eigenvalue weighted by Crippen LogP contribution is 2.29. The molecule has 1 atom stereocenters. The summed E-state index contributed by atoms with van der Waals surface area (Å²) in [6.45, 7) is 5.68. The number of nitrogens with one attached hydrogen (secondary N) is 4. The number of imidazole rings is 1. The Hall–Kier alpha value is -4.34. The number of benzene rings is 3. The van der Waals surface area contributed by atoms with Gasteiger partial charge in [-0.05, 0) is 60.7 Å². The first-order chi connectivity index (χ1) is 20.7. The van der Waals surface area contributed by atoms with E-state index >= 15 is 0 Å². The van der Waals surface area contributed by atoms with E-state index in [-0.39, 0.29) is 31.2 Å². The van der Waals surface area contributed by atoms with Crippen LogP contribution in [0.2, 0.25) is 10.2 Å². The monoisotopic (exact) mass is 619 g/mol. The van der Waals surface area contributed by atoms with Crippen LogP contribution >= 0.6 is 23.2 Å². The summed E-state index contributed by atoms with van der Waals surface area (Å²) >= 11 is 12.8. The van der Waals surface area contributed by atoms with Crippen molar-refractivity contribution >= 4 is 46.8 Å². The van der Waals surface area contributed by atoms with Crippen LogP contribution < -0.4 is 16.0 Å². The fourth-order valence-corrected chi connectivity index (χ4v) is 4.89. The summed E-state index contributed by atoms with van der Waals surface area (Å²) in [4.78, 5) is 44.3. The SMILES string of the molecule is [CH]CC(=O)NCc1ccc(Cl)cc1CCC(=O)N[C@@H](Cc1ccccc1)c1nc(-c2ccc(NC(=O)OC)cc2)c(Cl)[nH]1. The quantitative estimate of drug-likeness (QED) is 0.148. The molecule has 4 N–H and O–H groups in total. The minimum atomic E-state index is -0.572. The first-order valence-corrected chi connectivity index (χ1v) is 14.3. The number of aromatic amines is 1. The predicted octanol–water partition coefficient (Wildman–Crippen LogP) is 6.31. The van der Waals surface area contributed by atoms with Gasteiger partial charge in [-0.1, -0.05) is 71.7 Å². The smallest absolute Gasteiger partial charge is 0.411 e. The maximum absolute atomic E-state index is 13.3. The lowest BCUT2D eigenvalue weighted by Crippen LogP contribution is -2.31. The van der Waals surface area contributed by atoms with Gasteiger partial charge in [-0.2, -0.15) is 0 Å². The summed E-state index contributed by atoms with van der Waals surface area (Å²) in [6, 6.07) is 21.6. The molecular formula is C32H31Cl2N5O4. The van der Waals surface area contributed by atoms with Crippen LogP contribution in [0, 0.1) is 6.92 Å². The Balaban J connectivity index is 1.51. The molecule has 222 valence electrons. The Labute approximate surface area is 260 Å². The molecule has 3 amide bonds. The first-order valence-electron chi connectivity index (χ1n) is 13.5. The van der Waals surface area contributed by atoms with Crippen molar-refractivity contribution in [1.82, 2.24) is 20.6 Å². The van der Waals surface area contributed by atoms with E-state index in [0.717, 1.165) is 22.3 Å². The number of hydrogen-bond acceptors (Lipinski definition) is 5. The molecule has 9 nitrogen and oxygen atoms in total. The fourth-order valence-electron chi connectivity index (χ4n) is 4.45. The van der Waals surface area contributed by atoms with Crippen LogP contribution in [0.15, 0.2) is 72.8 Å². The molecule has 0 spiro atoms. The van der Waals surface area contributed by atoms with Gasteiger partial charge in [0.15, 0.2) is 0 Å². The third-order valence-electron chi connectivity index (χ3n) is 6.67. The van der Waals surface area contributed by atoms with Crippen molar-refractivity contribution < 1.29 is 19.1 Å². The summed E-state index contributed by atoms with van der Waals surface area (Å²) in [5.74, 6) is 0.0414. The van der Waals surface area contributed by atoms with Gasteiger partial charge in [0.25, 0.3) is 0 Å². The minimum Gasteiger partial charge on any atom is -0.453 e. The van der Waals surface area contributed by atoms with Crippen LogP contribution in [0.3, 0.4) is 0 Å². The van der Waals surface area contributed by atoms with E-state index in [1.54, 1.807) is 36.4 Å². The van der Waals surface area contributed by atoms with E-state index in [9.17, 15) is 14.4 Å². The van der Waals surface area contributed by atoms with Gasteiger partial charge in [0.05, 0.1) is 13.2 Å². The number of halogens is 2. The molecule has 0 bridgehead atoms. The lowest BCUT2D eigenvalue weighted by Gasteiger charge is -2.18. The lowest BCUT2D eigenvalue weighted by molar-refractivity contribution is -0.122. The molecule has 0 aliphatic rings. The molecular weight excluding hydrogens is 589 g/mol. The van der Waals surface area contributed by atoms with Crippen molar-refractivity contribution in [3.05, 3.63) is 112 Å². The number of amides is 3. The zero-order chi connectivity index (χ0) is 30.8. The Bertz CT molecular complexity index is 1560. The molecule has 4 rings (SSSR count). The first kappa shape index (κ1) is 31.6. The van der Waals surface area contributed by atoms with Crippen molar-refractivity contribution in [2.45, 2.75) is 38.3 Å². The molecule has 0 saturated heterocycles. The van der Waals surface area contributed by atoms with Crippen molar-refractivity contribution in [3.63, 3.8) is 0 Å². The Morgan fingerprint density at radius 1 is 0.977 bits per heavy atom. The zero-order valence-corrected chi connectivity index (χ0v) is 25.0. The van der Waals surface area contributed by atoms with E-state index in [2.05, 4.69) is 25.7 Å². The molecule has 1 aromatic heterocycles. The second-order valence-corrected chi connectivity index (χ2v) is 10.5. The molecule has 2 radical (unpaired) electrons. The Morgan fingerprint density at radius 2 is 1.72 bits per heavy atom. The van der Waals surface area contributed by atoms with Gasteiger partial charge in [0.2, 0.25) is 11.8 Å². The number of methoxy groups -OCH3 is 1. The average Bonchev–Trinajstić information content (AvgIpc) is 3.41. The molecule has 0 fully saturated rings. The molecule has 0 aliphatic carbocycles. The van der Waals surface area contributed by atoms with E-state index < -0.39 is 12.1 Å². The van der Waals surface area contributed by atoms with Gasteiger partial charge in [0.1, 0.15) is 16.7 Å². The Morgan fingerprint density at radius 3 is 2.42 bits per heavy atom. The van der Waals surface area contributed by atoms with Crippen LogP contribution in [0.4, 0.5) is 10.5 Å². The number of ether oxygens (including phenoxy) is 1. The van der Waals surface area contributed by atoms with Crippen LogP contribution in [-0.4, -0.2) is 35.0 Å². The zero-order valence-electron chi connectivity index (χ0n) is 23.5. The normalized spacial score (nSPS) is 11.4. The van der Waals surface area contributed by atoms with E-state index in [1.165, 1.54) is 7.11 Å². The van der Waals surface area contributed by atoms with Crippen molar-refractivity contribution in [1.29, 1.82) is 0 Å². The number of hydrogen-bond donors (Lipinski definition) is 4. The van der Waals surface area contributed by atoms with Gasteiger partial charge < -0.3 is 20.4 Å². The van der Waals surface area contributed by atoms with Crippen LogP contribution in [0.5, 0.6) is 0 Å². The summed E-state index contributed by atoms with van der Waals surface area (Å²) in [5, 5.41) is 9.32. The van der Waals surface area contributed by atoms with E-state index in [4.69, 9.17) is 35.1 Å². The summed E-state index contributed by atoms with van der Waals surface area (Å²) < 4.78 is 4.63. The molecule has 0 saturated carbocycles. The van der Waals surface area contributed by atoms with E-state index in [0.29, 0.717) is 40.2 Å². The lowest BCUT2D eigenvalue weighted by atomic mass is 10.0. The third-order valence-corrected chi connectivity index (χ3v) is 7.18. The van der Waals surface area contributed by atoms with Gasteiger partial charge >= 0.3 is 6.09 Å². The average molecular weight is 621 g/mol. The highest BCUT2D eigenvalue weighted by Gasteiger charge is 2.22. The molecule has 11 heteroatoms. The standard InChI is InChI=1S/C32H31Cl2N5O4/c1-3-27(40)35-19-23-9-13-24(33)18-22(23)12-16-28(41)37-26(17-20-7-5-4-6-8-20)31-38-29(30(34)39-31)21-10-14-25(15-11-21)36-32(42)43-2/h1,4-11,13-15,18,26H,3,12,16-17,19H2,2H3,(H,35,40)(H,36,42)(H,37,41)(H,38,39)/t26-/m0/s1.